The maximum atomic E-state index is 5.63. The molecule has 0 spiro atoms. The molecular formula is C17H30BrNO3. The summed E-state index contributed by atoms with van der Waals surface area (Å²) in [7, 11) is 0. The Balaban J connectivity index is 0.00000441. The van der Waals surface area contributed by atoms with Gasteiger partial charge in [-0.3, -0.25) is 0 Å². The Morgan fingerprint density at radius 1 is 0.864 bits per heavy atom. The lowest BCUT2D eigenvalue weighted by Crippen LogP contribution is -3.00. The van der Waals surface area contributed by atoms with Crippen molar-refractivity contribution in [1.29, 1.82) is 0 Å². The molecule has 0 aliphatic rings. The van der Waals surface area contributed by atoms with E-state index in [0.717, 1.165) is 18.9 Å². The predicted molar refractivity (Wildman–Crippen MR) is 83.6 cm³/mol. The lowest BCUT2D eigenvalue weighted by molar-refractivity contribution is -0.697. The molecule has 128 valence electrons. The number of aryl methyl sites for hydroxylation is 1. The quantitative estimate of drug-likeness (QED) is 0.359. The summed E-state index contributed by atoms with van der Waals surface area (Å²) < 4.78 is 18.4. The third-order valence-electron chi connectivity index (χ3n) is 3.20. The third-order valence-corrected chi connectivity index (χ3v) is 3.20. The number of pyridine rings is 1. The van der Waals surface area contributed by atoms with Crippen LogP contribution in [0.2, 0.25) is 0 Å². The van der Waals surface area contributed by atoms with E-state index in [2.05, 4.69) is 23.9 Å². The first kappa shape index (κ1) is 21.4. The average molecular weight is 376 g/mol. The minimum Gasteiger partial charge on any atom is -1.00 e. The molecule has 1 rings (SSSR count). The number of hydrogen-bond acceptors (Lipinski definition) is 3. The van der Waals surface area contributed by atoms with Gasteiger partial charge in [0, 0.05) is 25.2 Å². The van der Waals surface area contributed by atoms with E-state index in [-0.39, 0.29) is 17.0 Å². The Kier molecular flexibility index (Phi) is 14.8. The van der Waals surface area contributed by atoms with Crippen LogP contribution in [0.3, 0.4) is 0 Å². The molecule has 5 heteroatoms. The molecule has 0 N–H and O–H groups in total. The number of hydrogen-bond donors (Lipinski definition) is 0. The molecule has 4 nitrogen and oxygen atoms in total. The lowest BCUT2D eigenvalue weighted by Gasteiger charge is -2.06. The Bertz CT molecular complexity index is 346. The molecule has 0 atom stereocenters. The minimum atomic E-state index is 0. The van der Waals surface area contributed by atoms with Crippen LogP contribution in [0.4, 0.5) is 0 Å². The van der Waals surface area contributed by atoms with Crippen LogP contribution in [-0.4, -0.2) is 33.0 Å². The Hall–Kier alpha value is -0.650. The molecule has 1 aromatic rings. The second kappa shape index (κ2) is 15.3. The zero-order chi connectivity index (χ0) is 15.2. The maximum absolute atomic E-state index is 5.63. The van der Waals surface area contributed by atoms with Crippen molar-refractivity contribution in [2.24, 2.45) is 0 Å². The van der Waals surface area contributed by atoms with Gasteiger partial charge in [0.15, 0.2) is 12.4 Å². The van der Waals surface area contributed by atoms with Crippen molar-refractivity contribution < 1.29 is 35.8 Å². The fraction of sp³-hybridized carbons (Fsp3) is 0.706. The van der Waals surface area contributed by atoms with Crippen molar-refractivity contribution >= 4 is 0 Å². The first-order valence-corrected chi connectivity index (χ1v) is 8.14. The normalized spacial score (nSPS) is 10.3. The van der Waals surface area contributed by atoms with E-state index in [1.807, 2.05) is 19.1 Å². The van der Waals surface area contributed by atoms with Gasteiger partial charge in [0.05, 0.1) is 19.8 Å². The second-order valence-corrected chi connectivity index (χ2v) is 4.99. The highest BCUT2D eigenvalue weighted by atomic mass is 79.9. The molecule has 0 bridgehead atoms. The molecule has 0 aliphatic heterocycles. The number of nitrogens with zero attached hydrogens (tertiary/aromatic N) is 1. The highest BCUT2D eigenvalue weighted by molar-refractivity contribution is 5.14. The van der Waals surface area contributed by atoms with Crippen molar-refractivity contribution in [2.45, 2.75) is 46.1 Å². The summed E-state index contributed by atoms with van der Waals surface area (Å²) in [5, 5.41) is 0. The highest BCUT2D eigenvalue weighted by Crippen LogP contribution is 2.06. The molecule has 0 saturated carbocycles. The van der Waals surface area contributed by atoms with Crippen LogP contribution in [0.15, 0.2) is 24.5 Å². The number of unbranched alkanes of at least 4 members (excludes halogenated alkanes) is 3. The van der Waals surface area contributed by atoms with Crippen LogP contribution in [0.25, 0.3) is 0 Å². The zero-order valence-electron chi connectivity index (χ0n) is 13.9. The average Bonchev–Trinajstić information content (AvgIpc) is 2.52. The van der Waals surface area contributed by atoms with Gasteiger partial charge in [-0.2, -0.15) is 0 Å². The molecule has 0 aromatic carbocycles. The van der Waals surface area contributed by atoms with Crippen molar-refractivity contribution in [3.63, 3.8) is 0 Å². The molecule has 0 radical (unpaired) electrons. The van der Waals surface area contributed by atoms with E-state index in [1.54, 1.807) is 0 Å². The summed E-state index contributed by atoms with van der Waals surface area (Å²) in [6, 6.07) is 4.03. The van der Waals surface area contributed by atoms with Crippen molar-refractivity contribution in [2.75, 3.05) is 33.0 Å². The van der Waals surface area contributed by atoms with E-state index >= 15 is 0 Å². The van der Waals surface area contributed by atoms with Gasteiger partial charge in [-0.25, -0.2) is 4.57 Å². The topological polar surface area (TPSA) is 31.6 Å². The lowest BCUT2D eigenvalue weighted by atomic mass is 10.2. The monoisotopic (exact) mass is 375 g/mol. The summed E-state index contributed by atoms with van der Waals surface area (Å²) in [5.74, 6) is 0.896. The van der Waals surface area contributed by atoms with Crippen molar-refractivity contribution in [3.8, 4) is 5.75 Å². The largest absolute Gasteiger partial charge is 1.00 e. The molecule has 0 unspecified atom stereocenters. The fourth-order valence-corrected chi connectivity index (χ4v) is 1.99. The number of aromatic nitrogens is 1. The van der Waals surface area contributed by atoms with E-state index in [0.29, 0.717) is 26.4 Å². The van der Waals surface area contributed by atoms with Crippen molar-refractivity contribution in [1.82, 2.24) is 0 Å². The fourth-order valence-electron chi connectivity index (χ4n) is 1.99. The van der Waals surface area contributed by atoms with Gasteiger partial charge in [-0.1, -0.05) is 19.8 Å². The summed E-state index contributed by atoms with van der Waals surface area (Å²) in [6.45, 7) is 8.49. The van der Waals surface area contributed by atoms with E-state index in [9.17, 15) is 0 Å². The Morgan fingerprint density at radius 3 is 2.23 bits per heavy atom. The van der Waals surface area contributed by atoms with Crippen molar-refractivity contribution in [3.05, 3.63) is 24.5 Å². The maximum Gasteiger partial charge on any atom is 0.172 e. The predicted octanol–water partition coefficient (Wildman–Crippen LogP) is -0.00970. The summed E-state index contributed by atoms with van der Waals surface area (Å²) in [6.07, 6.45) is 9.32. The molecule has 0 fully saturated rings. The smallest absolute Gasteiger partial charge is 0.172 e. The zero-order valence-corrected chi connectivity index (χ0v) is 15.5. The first-order valence-electron chi connectivity index (χ1n) is 8.14. The molecule has 1 aromatic heterocycles. The van der Waals surface area contributed by atoms with Gasteiger partial charge in [0.1, 0.15) is 18.9 Å². The number of ether oxygens (including phenoxy) is 3. The van der Waals surface area contributed by atoms with E-state index < -0.39 is 0 Å². The molecule has 0 amide bonds. The summed E-state index contributed by atoms with van der Waals surface area (Å²) >= 11 is 0. The highest BCUT2D eigenvalue weighted by Gasteiger charge is 2.01. The van der Waals surface area contributed by atoms with Crippen LogP contribution in [0, 0.1) is 0 Å². The minimum absolute atomic E-state index is 0. The van der Waals surface area contributed by atoms with Gasteiger partial charge in [0.25, 0.3) is 0 Å². The van der Waals surface area contributed by atoms with Crippen LogP contribution in [0.1, 0.15) is 39.5 Å². The standard InChI is InChI=1S/C17H30NO3.BrH/c1-3-5-6-7-10-18-11-8-17(9-12-18)21-16-15-20-14-13-19-4-2;/h8-9,11-12H,3-7,10,13-16H2,1-2H3;1H/q+1;/p-1. The first-order chi connectivity index (χ1) is 10.4. The summed E-state index contributed by atoms with van der Waals surface area (Å²) in [5.41, 5.74) is 0. The van der Waals surface area contributed by atoms with Gasteiger partial charge in [0.2, 0.25) is 0 Å². The molecule has 22 heavy (non-hydrogen) atoms. The molecule has 0 aliphatic carbocycles. The number of halogens is 1. The Morgan fingerprint density at radius 2 is 1.55 bits per heavy atom. The van der Waals surface area contributed by atoms with Crippen LogP contribution in [-0.2, 0) is 16.0 Å². The van der Waals surface area contributed by atoms with Gasteiger partial charge in [-0.05, 0) is 13.3 Å². The van der Waals surface area contributed by atoms with Crippen LogP contribution < -0.4 is 26.3 Å². The summed E-state index contributed by atoms with van der Waals surface area (Å²) in [4.78, 5) is 0. The van der Waals surface area contributed by atoms with Gasteiger partial charge < -0.3 is 31.2 Å². The molecular weight excluding hydrogens is 346 g/mol. The second-order valence-electron chi connectivity index (χ2n) is 4.99. The van der Waals surface area contributed by atoms with Crippen LogP contribution in [0.5, 0.6) is 5.75 Å². The Labute approximate surface area is 145 Å². The molecule has 0 saturated heterocycles. The van der Waals surface area contributed by atoms with E-state index in [4.69, 9.17) is 14.2 Å². The molecule has 1 heterocycles. The van der Waals surface area contributed by atoms with Gasteiger partial charge in [-0.15, -0.1) is 0 Å². The SMILES string of the molecule is CCCCCC[n+]1ccc(OCCOCCOCC)cc1.[Br-]. The third kappa shape index (κ3) is 11.0. The van der Waals surface area contributed by atoms with Crippen LogP contribution >= 0.6 is 0 Å². The van der Waals surface area contributed by atoms with E-state index in [1.165, 1.54) is 25.7 Å². The van der Waals surface area contributed by atoms with Gasteiger partial charge >= 0.3 is 0 Å². The number of rotatable bonds is 13.